The number of benzene rings is 1. The average Bonchev–Trinajstić information content (AvgIpc) is 2.26. The van der Waals surface area contributed by atoms with Crippen LogP contribution in [0, 0.1) is 5.82 Å². The fourth-order valence-corrected chi connectivity index (χ4v) is 1.51. The lowest BCUT2D eigenvalue weighted by Crippen LogP contribution is -2.16. The molecule has 0 fully saturated rings. The molecule has 0 amide bonds. The molecule has 0 radical (unpaired) electrons. The number of hydrogen-bond acceptors (Lipinski definition) is 3. The number of phenolic OH excluding ortho intramolecular Hbond substituents is 1. The molecule has 0 saturated carbocycles. The van der Waals surface area contributed by atoms with E-state index in [1.807, 2.05) is 0 Å². The number of ether oxygens (including phenoxy) is 1. The molecule has 17 heavy (non-hydrogen) atoms. The first-order chi connectivity index (χ1) is 8.22. The molecule has 1 rings (SSSR count). The predicted molar refractivity (Wildman–Crippen MR) is 65.5 cm³/mol. The number of nitrogens with one attached hydrogen (secondary N) is 1. The summed E-state index contributed by atoms with van der Waals surface area (Å²) >= 11 is 0. The highest BCUT2D eigenvalue weighted by Gasteiger charge is 1.99. The minimum absolute atomic E-state index is 0.0342. The summed E-state index contributed by atoms with van der Waals surface area (Å²) in [5.74, 6) is -0.443. The standard InChI is InChI=1S/C13H20FNO2/c1-2-5-17-6-3-4-15-10-11-7-12(14)9-13(16)8-11/h7-9,15-16H,2-6,10H2,1H3. The van der Waals surface area contributed by atoms with Crippen LogP contribution in [0.4, 0.5) is 4.39 Å². The van der Waals surface area contributed by atoms with E-state index in [-0.39, 0.29) is 5.75 Å². The zero-order chi connectivity index (χ0) is 12.5. The van der Waals surface area contributed by atoms with Crippen LogP contribution in [0.25, 0.3) is 0 Å². The molecule has 0 unspecified atom stereocenters. The molecular weight excluding hydrogens is 221 g/mol. The van der Waals surface area contributed by atoms with E-state index in [1.165, 1.54) is 6.07 Å². The Labute approximate surface area is 102 Å². The van der Waals surface area contributed by atoms with Crippen molar-refractivity contribution >= 4 is 0 Å². The molecule has 0 heterocycles. The molecule has 3 nitrogen and oxygen atoms in total. The van der Waals surface area contributed by atoms with Crippen LogP contribution < -0.4 is 5.32 Å². The summed E-state index contributed by atoms with van der Waals surface area (Å²) in [5.41, 5.74) is 0.747. The molecule has 0 aromatic heterocycles. The smallest absolute Gasteiger partial charge is 0.127 e. The Morgan fingerprint density at radius 2 is 2.12 bits per heavy atom. The van der Waals surface area contributed by atoms with Gasteiger partial charge in [-0.3, -0.25) is 0 Å². The van der Waals surface area contributed by atoms with Gasteiger partial charge < -0.3 is 15.2 Å². The van der Waals surface area contributed by atoms with Crippen molar-refractivity contribution in [1.29, 1.82) is 0 Å². The zero-order valence-electron chi connectivity index (χ0n) is 10.2. The monoisotopic (exact) mass is 241 g/mol. The molecular formula is C13H20FNO2. The van der Waals surface area contributed by atoms with Crippen LogP contribution in [0.2, 0.25) is 0 Å². The Bertz CT molecular complexity index is 311. The molecule has 0 aliphatic rings. The number of aromatic hydroxyl groups is 1. The van der Waals surface area contributed by atoms with E-state index in [1.54, 1.807) is 6.07 Å². The van der Waals surface area contributed by atoms with E-state index in [4.69, 9.17) is 4.74 Å². The van der Waals surface area contributed by atoms with Gasteiger partial charge >= 0.3 is 0 Å². The van der Waals surface area contributed by atoms with E-state index < -0.39 is 5.82 Å². The third-order valence-electron chi connectivity index (χ3n) is 2.26. The van der Waals surface area contributed by atoms with Gasteiger partial charge in [0.25, 0.3) is 0 Å². The molecule has 0 spiro atoms. The zero-order valence-corrected chi connectivity index (χ0v) is 10.2. The van der Waals surface area contributed by atoms with E-state index in [2.05, 4.69) is 12.2 Å². The van der Waals surface area contributed by atoms with Crippen LogP contribution in [0.3, 0.4) is 0 Å². The summed E-state index contributed by atoms with van der Waals surface area (Å²) in [4.78, 5) is 0. The average molecular weight is 241 g/mol. The van der Waals surface area contributed by atoms with E-state index in [9.17, 15) is 9.50 Å². The molecule has 0 aliphatic heterocycles. The Morgan fingerprint density at radius 1 is 1.29 bits per heavy atom. The number of rotatable bonds is 8. The second-order valence-corrected chi connectivity index (χ2v) is 3.96. The van der Waals surface area contributed by atoms with Crippen molar-refractivity contribution in [3.05, 3.63) is 29.6 Å². The largest absolute Gasteiger partial charge is 0.508 e. The maximum Gasteiger partial charge on any atom is 0.127 e. The minimum Gasteiger partial charge on any atom is -0.508 e. The van der Waals surface area contributed by atoms with E-state index in [0.29, 0.717) is 6.54 Å². The van der Waals surface area contributed by atoms with Gasteiger partial charge in [0.1, 0.15) is 11.6 Å². The second-order valence-electron chi connectivity index (χ2n) is 3.96. The highest BCUT2D eigenvalue weighted by Crippen LogP contribution is 2.14. The number of phenols is 1. The summed E-state index contributed by atoms with van der Waals surface area (Å²) in [5, 5.41) is 12.4. The molecule has 0 saturated heterocycles. The van der Waals surface area contributed by atoms with Crippen LogP contribution >= 0.6 is 0 Å². The van der Waals surface area contributed by atoms with Gasteiger partial charge in [0.05, 0.1) is 0 Å². The topological polar surface area (TPSA) is 41.5 Å². The molecule has 2 N–H and O–H groups in total. The first-order valence-electron chi connectivity index (χ1n) is 5.99. The van der Waals surface area contributed by atoms with Gasteiger partial charge in [-0.25, -0.2) is 4.39 Å². The van der Waals surface area contributed by atoms with Crippen LogP contribution in [0.5, 0.6) is 5.75 Å². The summed E-state index contributed by atoms with van der Waals surface area (Å²) < 4.78 is 18.3. The molecule has 4 heteroatoms. The summed E-state index contributed by atoms with van der Waals surface area (Å²) in [7, 11) is 0. The normalized spacial score (nSPS) is 10.7. The fraction of sp³-hybridized carbons (Fsp3) is 0.538. The predicted octanol–water partition coefficient (Wildman–Crippen LogP) is 2.44. The third-order valence-corrected chi connectivity index (χ3v) is 2.26. The van der Waals surface area contributed by atoms with Gasteiger partial charge in [0.2, 0.25) is 0 Å². The van der Waals surface area contributed by atoms with Gasteiger partial charge in [-0.1, -0.05) is 6.92 Å². The molecule has 1 aromatic carbocycles. The Morgan fingerprint density at radius 3 is 2.82 bits per heavy atom. The van der Waals surface area contributed by atoms with Gasteiger partial charge in [0, 0.05) is 25.8 Å². The Kier molecular flexibility index (Phi) is 6.58. The lowest BCUT2D eigenvalue weighted by Gasteiger charge is -2.06. The summed E-state index contributed by atoms with van der Waals surface area (Å²) in [6, 6.07) is 4.08. The summed E-state index contributed by atoms with van der Waals surface area (Å²) in [6.45, 7) is 5.00. The second kappa shape index (κ2) is 8.03. The van der Waals surface area contributed by atoms with Crippen molar-refractivity contribution in [2.75, 3.05) is 19.8 Å². The first kappa shape index (κ1) is 13.9. The van der Waals surface area contributed by atoms with Crippen molar-refractivity contribution in [2.24, 2.45) is 0 Å². The quantitative estimate of drug-likeness (QED) is 0.687. The summed E-state index contributed by atoms with van der Waals surface area (Å²) in [6.07, 6.45) is 1.97. The van der Waals surface area contributed by atoms with Crippen molar-refractivity contribution in [3.8, 4) is 5.75 Å². The van der Waals surface area contributed by atoms with Gasteiger partial charge in [-0.15, -0.1) is 0 Å². The minimum atomic E-state index is -0.409. The number of hydrogen-bond donors (Lipinski definition) is 2. The van der Waals surface area contributed by atoms with Crippen LogP contribution in [0.15, 0.2) is 18.2 Å². The first-order valence-corrected chi connectivity index (χ1v) is 5.99. The van der Waals surface area contributed by atoms with Gasteiger partial charge in [0.15, 0.2) is 0 Å². The molecule has 0 atom stereocenters. The van der Waals surface area contributed by atoms with Crippen LogP contribution in [-0.4, -0.2) is 24.9 Å². The van der Waals surface area contributed by atoms with Crippen LogP contribution in [-0.2, 0) is 11.3 Å². The van der Waals surface area contributed by atoms with E-state index >= 15 is 0 Å². The fourth-order valence-electron chi connectivity index (χ4n) is 1.51. The molecule has 0 aliphatic carbocycles. The Balaban J connectivity index is 2.13. The highest BCUT2D eigenvalue weighted by atomic mass is 19.1. The highest BCUT2D eigenvalue weighted by molar-refractivity contribution is 5.28. The van der Waals surface area contributed by atoms with Crippen molar-refractivity contribution in [2.45, 2.75) is 26.3 Å². The Hall–Kier alpha value is -1.13. The maximum absolute atomic E-state index is 12.9. The van der Waals surface area contributed by atoms with E-state index in [0.717, 1.165) is 44.2 Å². The van der Waals surface area contributed by atoms with Gasteiger partial charge in [-0.05, 0) is 37.1 Å². The van der Waals surface area contributed by atoms with Crippen molar-refractivity contribution in [3.63, 3.8) is 0 Å². The third kappa shape index (κ3) is 6.24. The van der Waals surface area contributed by atoms with Crippen molar-refractivity contribution < 1.29 is 14.2 Å². The lowest BCUT2D eigenvalue weighted by molar-refractivity contribution is 0.132. The lowest BCUT2D eigenvalue weighted by atomic mass is 10.2. The molecule has 0 bridgehead atoms. The number of halogens is 1. The van der Waals surface area contributed by atoms with Crippen LogP contribution in [0.1, 0.15) is 25.3 Å². The molecule has 1 aromatic rings. The van der Waals surface area contributed by atoms with Gasteiger partial charge in [-0.2, -0.15) is 0 Å². The molecule has 96 valence electrons. The SMILES string of the molecule is CCCOCCCNCc1cc(O)cc(F)c1. The maximum atomic E-state index is 12.9. The van der Waals surface area contributed by atoms with Crippen molar-refractivity contribution in [1.82, 2.24) is 5.32 Å².